The van der Waals surface area contributed by atoms with E-state index >= 15 is 0 Å². The van der Waals surface area contributed by atoms with Crippen LogP contribution in [-0.2, 0) is 0 Å². The molecular formula is C12H16Cl2F2N2O. The molecular weight excluding hydrogens is 297 g/mol. The van der Waals surface area contributed by atoms with Crippen LogP contribution in [0.4, 0.5) is 8.78 Å². The van der Waals surface area contributed by atoms with Crippen molar-refractivity contribution in [3.8, 4) is 0 Å². The maximum Gasteiger partial charge on any atom is 0.252 e. The fraction of sp³-hybridized carbons (Fsp3) is 0.417. The van der Waals surface area contributed by atoms with Crippen molar-refractivity contribution in [2.45, 2.75) is 13.3 Å². The Bertz CT molecular complexity index is 430. The first-order chi connectivity index (χ1) is 8.56. The number of hydrogen-bond acceptors (Lipinski definition) is 2. The summed E-state index contributed by atoms with van der Waals surface area (Å²) in [4.78, 5) is 11.6. The zero-order valence-corrected chi connectivity index (χ0v) is 12.0. The summed E-state index contributed by atoms with van der Waals surface area (Å²) in [7, 11) is 0. The van der Waals surface area contributed by atoms with E-state index in [4.69, 9.17) is 11.6 Å². The van der Waals surface area contributed by atoms with Crippen LogP contribution in [0.5, 0.6) is 0 Å². The summed E-state index contributed by atoms with van der Waals surface area (Å²) >= 11 is 5.68. The normalized spacial score (nSPS) is 9.89. The van der Waals surface area contributed by atoms with Crippen molar-refractivity contribution in [1.29, 1.82) is 0 Å². The Morgan fingerprint density at radius 1 is 1.21 bits per heavy atom. The van der Waals surface area contributed by atoms with E-state index < -0.39 is 17.5 Å². The second-order valence-corrected chi connectivity index (χ2v) is 4.16. The summed E-state index contributed by atoms with van der Waals surface area (Å²) in [5, 5.41) is 5.56. The van der Waals surface area contributed by atoms with Gasteiger partial charge in [0.15, 0.2) is 11.6 Å². The first-order valence-corrected chi connectivity index (χ1v) is 6.07. The van der Waals surface area contributed by atoms with Crippen molar-refractivity contribution in [3.05, 3.63) is 34.4 Å². The third-order valence-corrected chi connectivity index (χ3v) is 2.58. The highest BCUT2D eigenvalue weighted by Gasteiger charge is 2.14. The van der Waals surface area contributed by atoms with Crippen molar-refractivity contribution in [2.24, 2.45) is 0 Å². The van der Waals surface area contributed by atoms with Gasteiger partial charge in [0.25, 0.3) is 5.91 Å². The second-order valence-electron chi connectivity index (χ2n) is 3.75. The lowest BCUT2D eigenvalue weighted by Crippen LogP contribution is -2.32. The van der Waals surface area contributed by atoms with E-state index in [0.717, 1.165) is 25.1 Å². The van der Waals surface area contributed by atoms with Crippen LogP contribution in [-0.4, -0.2) is 25.5 Å². The molecule has 1 rings (SSSR count). The fourth-order valence-electron chi connectivity index (χ4n) is 1.36. The molecule has 1 aromatic rings. The molecule has 0 aromatic heterocycles. The Hall–Kier alpha value is -0.910. The standard InChI is InChI=1S/C12H15ClF2N2O.ClH/c1-2-3-16-4-5-17-12(18)8-6-10(14)11(15)7-9(8)13;/h6-7,16H,2-5H2,1H3,(H,17,18);1H. The highest BCUT2D eigenvalue weighted by atomic mass is 35.5. The Kier molecular flexibility index (Phi) is 8.63. The van der Waals surface area contributed by atoms with E-state index in [2.05, 4.69) is 10.6 Å². The first kappa shape index (κ1) is 18.1. The quantitative estimate of drug-likeness (QED) is 0.626. The maximum atomic E-state index is 13.0. The molecule has 0 atom stereocenters. The minimum absolute atomic E-state index is 0. The van der Waals surface area contributed by atoms with Gasteiger partial charge >= 0.3 is 0 Å². The highest BCUT2D eigenvalue weighted by Crippen LogP contribution is 2.19. The number of halogens is 4. The molecule has 0 saturated heterocycles. The van der Waals surface area contributed by atoms with Gasteiger partial charge in [0, 0.05) is 13.1 Å². The lowest BCUT2D eigenvalue weighted by atomic mass is 10.2. The molecule has 0 heterocycles. The third kappa shape index (κ3) is 5.72. The van der Waals surface area contributed by atoms with Crippen LogP contribution in [0.15, 0.2) is 12.1 Å². The summed E-state index contributed by atoms with van der Waals surface area (Å²) in [5.41, 5.74) is -0.0638. The molecule has 19 heavy (non-hydrogen) atoms. The number of hydrogen-bond donors (Lipinski definition) is 2. The topological polar surface area (TPSA) is 41.1 Å². The minimum Gasteiger partial charge on any atom is -0.351 e. The van der Waals surface area contributed by atoms with Gasteiger partial charge in [-0.25, -0.2) is 8.78 Å². The van der Waals surface area contributed by atoms with Crippen LogP contribution in [0.3, 0.4) is 0 Å². The molecule has 7 heteroatoms. The lowest BCUT2D eigenvalue weighted by molar-refractivity contribution is 0.0953. The van der Waals surface area contributed by atoms with Gasteiger partial charge in [-0.3, -0.25) is 4.79 Å². The molecule has 2 N–H and O–H groups in total. The SMILES string of the molecule is CCCNCCNC(=O)c1cc(F)c(F)cc1Cl.Cl. The van der Waals surface area contributed by atoms with E-state index in [1.165, 1.54) is 0 Å². The Morgan fingerprint density at radius 2 is 1.84 bits per heavy atom. The zero-order chi connectivity index (χ0) is 13.5. The van der Waals surface area contributed by atoms with Gasteiger partial charge in [-0.05, 0) is 25.1 Å². The van der Waals surface area contributed by atoms with Crippen LogP contribution in [0.2, 0.25) is 5.02 Å². The third-order valence-electron chi connectivity index (χ3n) is 2.27. The first-order valence-electron chi connectivity index (χ1n) is 5.69. The zero-order valence-electron chi connectivity index (χ0n) is 10.4. The van der Waals surface area contributed by atoms with E-state index in [1.54, 1.807) is 0 Å². The molecule has 0 unspecified atom stereocenters. The van der Waals surface area contributed by atoms with Gasteiger partial charge in [-0.2, -0.15) is 0 Å². The summed E-state index contributed by atoms with van der Waals surface area (Å²) in [6, 6.07) is 1.59. The van der Waals surface area contributed by atoms with Crippen molar-refractivity contribution >= 4 is 29.9 Å². The average molecular weight is 313 g/mol. The summed E-state index contributed by atoms with van der Waals surface area (Å²) in [6.07, 6.45) is 1.00. The van der Waals surface area contributed by atoms with E-state index in [0.29, 0.717) is 13.1 Å². The monoisotopic (exact) mass is 312 g/mol. The summed E-state index contributed by atoms with van der Waals surface area (Å²) in [6.45, 7) is 3.91. The maximum absolute atomic E-state index is 13.0. The van der Waals surface area contributed by atoms with Crippen molar-refractivity contribution < 1.29 is 13.6 Å². The molecule has 0 aliphatic carbocycles. The molecule has 0 fully saturated rings. The Labute approximate surface area is 122 Å². The molecule has 1 amide bonds. The number of nitrogens with one attached hydrogen (secondary N) is 2. The van der Waals surface area contributed by atoms with Gasteiger partial charge in [0.1, 0.15) is 0 Å². The molecule has 0 bridgehead atoms. The van der Waals surface area contributed by atoms with Crippen molar-refractivity contribution in [1.82, 2.24) is 10.6 Å². The van der Waals surface area contributed by atoms with Gasteiger partial charge < -0.3 is 10.6 Å². The Balaban J connectivity index is 0.00000324. The Morgan fingerprint density at radius 3 is 2.47 bits per heavy atom. The van der Waals surface area contributed by atoms with Crippen LogP contribution in [0.1, 0.15) is 23.7 Å². The predicted octanol–water partition coefficient (Wildman–Crippen LogP) is 2.77. The van der Waals surface area contributed by atoms with Crippen molar-refractivity contribution in [3.63, 3.8) is 0 Å². The number of amides is 1. The molecule has 1 aromatic carbocycles. The van der Waals surface area contributed by atoms with Crippen molar-refractivity contribution in [2.75, 3.05) is 19.6 Å². The van der Waals surface area contributed by atoms with Crippen LogP contribution >= 0.6 is 24.0 Å². The molecule has 0 saturated carbocycles. The van der Waals surface area contributed by atoms with Crippen LogP contribution in [0, 0.1) is 11.6 Å². The fourth-order valence-corrected chi connectivity index (χ4v) is 1.59. The number of rotatable bonds is 6. The summed E-state index contributed by atoms with van der Waals surface area (Å²) < 4.78 is 25.8. The molecule has 0 aliphatic rings. The lowest BCUT2D eigenvalue weighted by Gasteiger charge is -2.08. The predicted molar refractivity (Wildman–Crippen MR) is 74.1 cm³/mol. The average Bonchev–Trinajstić information content (AvgIpc) is 2.33. The van der Waals surface area contributed by atoms with Gasteiger partial charge in [0.2, 0.25) is 0 Å². The molecule has 108 valence electrons. The van der Waals surface area contributed by atoms with Gasteiger partial charge in [0.05, 0.1) is 10.6 Å². The highest BCUT2D eigenvalue weighted by molar-refractivity contribution is 6.33. The molecule has 3 nitrogen and oxygen atoms in total. The van der Waals surface area contributed by atoms with E-state index in [1.807, 2.05) is 6.92 Å². The van der Waals surface area contributed by atoms with E-state index in [-0.39, 0.29) is 23.0 Å². The van der Waals surface area contributed by atoms with E-state index in [9.17, 15) is 13.6 Å². The van der Waals surface area contributed by atoms with Crippen LogP contribution in [0.25, 0.3) is 0 Å². The van der Waals surface area contributed by atoms with Gasteiger partial charge in [-0.15, -0.1) is 12.4 Å². The molecule has 0 radical (unpaired) electrons. The summed E-state index contributed by atoms with van der Waals surface area (Å²) in [5.74, 6) is -2.67. The second kappa shape index (κ2) is 9.07. The number of carbonyl (C=O) groups excluding carboxylic acids is 1. The number of carbonyl (C=O) groups is 1. The largest absolute Gasteiger partial charge is 0.351 e. The number of benzene rings is 1. The van der Waals surface area contributed by atoms with Crippen LogP contribution < -0.4 is 10.6 Å². The smallest absolute Gasteiger partial charge is 0.252 e. The minimum atomic E-state index is -1.09. The molecule has 0 aliphatic heterocycles. The molecule has 0 spiro atoms. The van der Waals surface area contributed by atoms with Gasteiger partial charge in [-0.1, -0.05) is 18.5 Å².